The van der Waals surface area contributed by atoms with Gasteiger partial charge in [-0.3, -0.25) is 4.79 Å². The zero-order chi connectivity index (χ0) is 13.1. The van der Waals surface area contributed by atoms with Crippen molar-refractivity contribution in [3.63, 3.8) is 0 Å². The first kappa shape index (κ1) is 14.5. The van der Waals surface area contributed by atoms with Crippen molar-refractivity contribution < 1.29 is 14.6 Å². The minimum absolute atomic E-state index is 0.0530. The van der Waals surface area contributed by atoms with E-state index in [-0.39, 0.29) is 12.5 Å². The summed E-state index contributed by atoms with van der Waals surface area (Å²) in [6.45, 7) is 8.84. The van der Waals surface area contributed by atoms with Crippen LogP contribution < -0.4 is 0 Å². The van der Waals surface area contributed by atoms with Crippen LogP contribution in [0, 0.1) is 11.3 Å². The average Bonchev–Trinajstić information content (AvgIpc) is 2.11. The lowest BCUT2D eigenvalue weighted by atomic mass is 9.71. The van der Waals surface area contributed by atoms with E-state index in [4.69, 9.17) is 9.84 Å². The lowest BCUT2D eigenvalue weighted by molar-refractivity contribution is -0.138. The first-order valence-corrected chi connectivity index (χ1v) is 6.66. The lowest BCUT2D eigenvalue weighted by Crippen LogP contribution is -2.34. The highest BCUT2D eigenvalue weighted by molar-refractivity contribution is 5.66. The summed E-state index contributed by atoms with van der Waals surface area (Å²) in [4.78, 5) is 10.5. The highest BCUT2D eigenvalue weighted by Gasteiger charge is 2.33. The minimum Gasteiger partial charge on any atom is -0.481 e. The number of aliphatic carboxylic acids is 1. The van der Waals surface area contributed by atoms with Crippen LogP contribution in [0.5, 0.6) is 0 Å². The standard InChI is InChI=1S/C14H26O3/c1-10-7-12(9-14(3,4)8-10)17-11(2)5-6-13(15)16/h10-12H,5-9H2,1-4H3,(H,15,16). The molecular weight excluding hydrogens is 216 g/mol. The third-order valence-corrected chi connectivity index (χ3v) is 3.54. The largest absolute Gasteiger partial charge is 0.481 e. The fourth-order valence-electron chi connectivity index (χ4n) is 3.09. The molecule has 3 unspecified atom stereocenters. The number of ether oxygens (including phenoxy) is 1. The third-order valence-electron chi connectivity index (χ3n) is 3.54. The summed E-state index contributed by atoms with van der Waals surface area (Å²) in [5.41, 5.74) is 0.356. The van der Waals surface area contributed by atoms with E-state index in [1.165, 1.54) is 6.42 Å². The molecule has 0 aliphatic heterocycles. The smallest absolute Gasteiger partial charge is 0.303 e. The van der Waals surface area contributed by atoms with Crippen LogP contribution in [0.25, 0.3) is 0 Å². The molecule has 100 valence electrons. The van der Waals surface area contributed by atoms with Gasteiger partial charge >= 0.3 is 5.97 Å². The lowest BCUT2D eigenvalue weighted by Gasteiger charge is -2.39. The van der Waals surface area contributed by atoms with Crippen LogP contribution in [0.1, 0.15) is 59.8 Å². The second-order valence-electron chi connectivity index (χ2n) is 6.41. The Bertz CT molecular complexity index is 260. The molecule has 17 heavy (non-hydrogen) atoms. The molecule has 1 saturated carbocycles. The van der Waals surface area contributed by atoms with E-state index in [0.717, 1.165) is 12.8 Å². The van der Waals surface area contributed by atoms with E-state index in [0.29, 0.717) is 23.9 Å². The molecule has 3 heteroatoms. The van der Waals surface area contributed by atoms with Gasteiger partial charge in [0.05, 0.1) is 12.2 Å². The maximum atomic E-state index is 10.5. The first-order valence-electron chi connectivity index (χ1n) is 6.66. The molecule has 1 rings (SSSR count). The normalized spacial score (nSPS) is 29.9. The van der Waals surface area contributed by atoms with Crippen LogP contribution in [0.4, 0.5) is 0 Å². The molecule has 0 bridgehead atoms. The molecule has 1 aliphatic carbocycles. The number of carbonyl (C=O) groups is 1. The highest BCUT2D eigenvalue weighted by Crippen LogP contribution is 2.40. The molecule has 3 atom stereocenters. The molecule has 0 heterocycles. The van der Waals surface area contributed by atoms with Gasteiger partial charge in [0.2, 0.25) is 0 Å². The monoisotopic (exact) mass is 242 g/mol. The molecular formula is C14H26O3. The summed E-state index contributed by atoms with van der Waals surface area (Å²) in [6, 6.07) is 0. The summed E-state index contributed by atoms with van der Waals surface area (Å²) in [7, 11) is 0. The van der Waals surface area contributed by atoms with Gasteiger partial charge in [0.15, 0.2) is 0 Å². The molecule has 0 aromatic rings. The Balaban J connectivity index is 2.37. The van der Waals surface area contributed by atoms with E-state index in [2.05, 4.69) is 20.8 Å². The summed E-state index contributed by atoms with van der Waals surface area (Å²) >= 11 is 0. The molecule has 0 aromatic heterocycles. The molecule has 1 N–H and O–H groups in total. The number of carboxylic acids is 1. The van der Waals surface area contributed by atoms with Crippen LogP contribution in [-0.4, -0.2) is 23.3 Å². The van der Waals surface area contributed by atoms with Crippen LogP contribution in [0.3, 0.4) is 0 Å². The van der Waals surface area contributed by atoms with Crippen LogP contribution >= 0.6 is 0 Å². The summed E-state index contributed by atoms with van der Waals surface area (Å²) < 4.78 is 5.98. The maximum absolute atomic E-state index is 10.5. The van der Waals surface area contributed by atoms with Crippen LogP contribution in [-0.2, 0) is 9.53 Å². The van der Waals surface area contributed by atoms with Gasteiger partial charge in [0.25, 0.3) is 0 Å². The van der Waals surface area contributed by atoms with Crippen molar-refractivity contribution in [2.75, 3.05) is 0 Å². The maximum Gasteiger partial charge on any atom is 0.303 e. The molecule has 0 saturated heterocycles. The van der Waals surface area contributed by atoms with Crippen molar-refractivity contribution in [2.24, 2.45) is 11.3 Å². The second kappa shape index (κ2) is 5.85. The second-order valence-corrected chi connectivity index (χ2v) is 6.41. The molecule has 0 spiro atoms. The number of hydrogen-bond donors (Lipinski definition) is 1. The van der Waals surface area contributed by atoms with Crippen LogP contribution in [0.2, 0.25) is 0 Å². The van der Waals surface area contributed by atoms with Crippen molar-refractivity contribution in [2.45, 2.75) is 72.0 Å². The Morgan fingerprint density at radius 3 is 2.65 bits per heavy atom. The first-order chi connectivity index (χ1) is 7.78. The Morgan fingerprint density at radius 1 is 1.47 bits per heavy atom. The topological polar surface area (TPSA) is 46.5 Å². The number of rotatable bonds is 5. The summed E-state index contributed by atoms with van der Waals surface area (Å²) in [5.74, 6) is -0.0341. The van der Waals surface area contributed by atoms with Gasteiger partial charge in [-0.1, -0.05) is 20.8 Å². The van der Waals surface area contributed by atoms with E-state index < -0.39 is 5.97 Å². The SMILES string of the molecule is CC1CC(OC(C)CCC(=O)O)CC(C)(C)C1. The van der Waals surface area contributed by atoms with Gasteiger partial charge in [-0.05, 0) is 43.9 Å². The Labute approximate surface area is 105 Å². The Hall–Kier alpha value is -0.570. The molecule has 3 nitrogen and oxygen atoms in total. The van der Waals surface area contributed by atoms with E-state index >= 15 is 0 Å². The van der Waals surface area contributed by atoms with Crippen molar-refractivity contribution in [3.05, 3.63) is 0 Å². The van der Waals surface area contributed by atoms with Gasteiger partial charge in [-0.25, -0.2) is 0 Å². The molecule has 1 fully saturated rings. The number of hydrogen-bond acceptors (Lipinski definition) is 2. The average molecular weight is 242 g/mol. The predicted molar refractivity (Wildman–Crippen MR) is 68.0 cm³/mol. The fraction of sp³-hybridized carbons (Fsp3) is 0.929. The van der Waals surface area contributed by atoms with E-state index in [1.54, 1.807) is 0 Å². The van der Waals surface area contributed by atoms with Gasteiger partial charge in [-0.2, -0.15) is 0 Å². The quantitative estimate of drug-likeness (QED) is 0.803. The molecule has 0 aromatic carbocycles. The number of carboxylic acid groups (broad SMARTS) is 1. The van der Waals surface area contributed by atoms with Crippen molar-refractivity contribution in [3.8, 4) is 0 Å². The van der Waals surface area contributed by atoms with Gasteiger partial charge < -0.3 is 9.84 Å². The summed E-state index contributed by atoms with van der Waals surface area (Å²) in [6.07, 6.45) is 4.63. The van der Waals surface area contributed by atoms with Gasteiger partial charge in [0.1, 0.15) is 0 Å². The predicted octanol–water partition coefficient (Wildman–Crippen LogP) is 3.47. The van der Waals surface area contributed by atoms with Crippen molar-refractivity contribution in [1.29, 1.82) is 0 Å². The third kappa shape index (κ3) is 5.53. The fourth-order valence-corrected chi connectivity index (χ4v) is 3.09. The zero-order valence-corrected chi connectivity index (χ0v) is 11.5. The summed E-state index contributed by atoms with van der Waals surface area (Å²) in [5, 5.41) is 8.64. The Kier molecular flexibility index (Phi) is 4.99. The van der Waals surface area contributed by atoms with Crippen LogP contribution in [0.15, 0.2) is 0 Å². The highest BCUT2D eigenvalue weighted by atomic mass is 16.5. The van der Waals surface area contributed by atoms with E-state index in [1.807, 2.05) is 6.92 Å². The zero-order valence-electron chi connectivity index (χ0n) is 11.5. The van der Waals surface area contributed by atoms with Crippen molar-refractivity contribution in [1.82, 2.24) is 0 Å². The van der Waals surface area contributed by atoms with Gasteiger partial charge in [0, 0.05) is 6.42 Å². The molecule has 1 aliphatic rings. The Morgan fingerprint density at radius 2 is 2.12 bits per heavy atom. The van der Waals surface area contributed by atoms with Crippen molar-refractivity contribution >= 4 is 5.97 Å². The molecule has 0 radical (unpaired) electrons. The van der Waals surface area contributed by atoms with Gasteiger partial charge in [-0.15, -0.1) is 0 Å². The van der Waals surface area contributed by atoms with E-state index in [9.17, 15) is 4.79 Å². The minimum atomic E-state index is -0.738. The molecule has 0 amide bonds.